The zero-order chi connectivity index (χ0) is 26.3. The van der Waals surface area contributed by atoms with Gasteiger partial charge in [0.25, 0.3) is 5.91 Å². The molecule has 1 N–H and O–H groups in total. The van der Waals surface area contributed by atoms with Crippen molar-refractivity contribution in [2.45, 2.75) is 49.8 Å². The van der Waals surface area contributed by atoms with Gasteiger partial charge in [-0.15, -0.1) is 11.8 Å². The van der Waals surface area contributed by atoms with Crippen molar-refractivity contribution in [3.05, 3.63) is 101 Å². The average molecular weight is 537 g/mol. The number of nitrogens with zero attached hydrogens (tertiary/aromatic N) is 1. The Bertz CT molecular complexity index is 1310. The summed E-state index contributed by atoms with van der Waals surface area (Å²) in [6, 6.07) is 26.7. The van der Waals surface area contributed by atoms with Crippen LogP contribution in [0.5, 0.6) is 0 Å². The zero-order valence-electron chi connectivity index (χ0n) is 22.3. The molecule has 4 nitrogen and oxygen atoms in total. The van der Waals surface area contributed by atoms with Crippen LogP contribution in [0.4, 0.5) is 5.69 Å². The van der Waals surface area contributed by atoms with E-state index < -0.39 is 0 Å². The van der Waals surface area contributed by atoms with Crippen LogP contribution in [0.3, 0.4) is 0 Å². The first-order valence-electron chi connectivity index (χ1n) is 14.6. The molecule has 1 saturated heterocycles. The van der Waals surface area contributed by atoms with Crippen LogP contribution in [0.25, 0.3) is 0 Å². The van der Waals surface area contributed by atoms with Crippen LogP contribution in [0.15, 0.2) is 78.9 Å². The van der Waals surface area contributed by atoms with E-state index in [9.17, 15) is 9.59 Å². The van der Waals surface area contributed by atoms with Crippen molar-refractivity contribution < 1.29 is 9.59 Å². The van der Waals surface area contributed by atoms with E-state index in [2.05, 4.69) is 41.7 Å². The van der Waals surface area contributed by atoms with E-state index in [-0.39, 0.29) is 17.2 Å². The minimum atomic E-state index is -0.0972. The normalized spacial score (nSPS) is 29.1. The topological polar surface area (TPSA) is 49.4 Å². The van der Waals surface area contributed by atoms with E-state index in [1.807, 2.05) is 47.4 Å². The van der Waals surface area contributed by atoms with Gasteiger partial charge in [0.2, 0.25) is 5.91 Å². The summed E-state index contributed by atoms with van der Waals surface area (Å²) < 4.78 is 0. The molecule has 4 saturated carbocycles. The van der Waals surface area contributed by atoms with E-state index in [0.29, 0.717) is 23.8 Å². The molecule has 1 aliphatic heterocycles. The molecule has 200 valence electrons. The molecule has 0 radical (unpaired) electrons. The molecule has 1 atom stereocenters. The summed E-state index contributed by atoms with van der Waals surface area (Å²) in [7, 11) is 0. The highest BCUT2D eigenvalue weighted by molar-refractivity contribution is 8.00. The van der Waals surface area contributed by atoms with Crippen LogP contribution in [0, 0.1) is 23.7 Å². The molecule has 1 heterocycles. The molecule has 5 aliphatic rings. The Kier molecular flexibility index (Phi) is 6.72. The number of carbonyl (C=O) groups excluding carboxylic acids is 2. The van der Waals surface area contributed by atoms with E-state index >= 15 is 0 Å². The standard InChI is InChI=1S/C34H36N2O2S/c37-31-21-39-34(36(31)15-14-22-4-2-1-3-5-22)27-8-6-26(7-9-27)33(38)35-30-12-10-25(11-13-30)32-28-17-23-16-24(19-28)20-29(32)18-23/h1-13,23-24,28-29,32,34H,14-21H2,(H,35,38)/t23?,24?,28?,29?,32?,34-/m0/s1. The number of thioether (sulfide) groups is 1. The maximum atomic E-state index is 13.0. The van der Waals surface area contributed by atoms with Crippen LogP contribution in [-0.2, 0) is 11.2 Å². The van der Waals surface area contributed by atoms with Gasteiger partial charge in [0.1, 0.15) is 5.37 Å². The lowest BCUT2D eigenvalue weighted by Crippen LogP contribution is -2.43. The van der Waals surface area contributed by atoms with Gasteiger partial charge in [-0.25, -0.2) is 0 Å². The summed E-state index contributed by atoms with van der Waals surface area (Å²) >= 11 is 1.66. The number of amides is 2. The summed E-state index contributed by atoms with van der Waals surface area (Å²) in [5, 5.41) is 3.08. The summed E-state index contributed by atoms with van der Waals surface area (Å²) in [5.41, 5.74) is 5.25. The lowest BCUT2D eigenvalue weighted by molar-refractivity contribution is -0.128. The molecule has 2 amide bonds. The van der Waals surface area contributed by atoms with Crippen molar-refractivity contribution in [1.29, 1.82) is 0 Å². The predicted molar refractivity (Wildman–Crippen MR) is 158 cm³/mol. The first kappa shape index (κ1) is 25.0. The smallest absolute Gasteiger partial charge is 0.255 e. The van der Waals surface area contributed by atoms with Gasteiger partial charge in [-0.1, -0.05) is 54.6 Å². The molecule has 4 aliphatic carbocycles. The fourth-order valence-electron chi connectivity index (χ4n) is 8.13. The molecule has 39 heavy (non-hydrogen) atoms. The number of anilines is 1. The van der Waals surface area contributed by atoms with Crippen molar-refractivity contribution in [1.82, 2.24) is 4.90 Å². The third-order valence-electron chi connectivity index (χ3n) is 9.69. The Morgan fingerprint density at radius 1 is 0.795 bits per heavy atom. The second-order valence-corrected chi connectivity index (χ2v) is 13.2. The molecule has 3 aromatic rings. The Labute approximate surface area is 235 Å². The molecule has 0 spiro atoms. The predicted octanol–water partition coefficient (Wildman–Crippen LogP) is 7.30. The number of hydrogen-bond donors (Lipinski definition) is 1. The fraction of sp³-hybridized carbons (Fsp3) is 0.412. The van der Waals surface area contributed by atoms with Crippen LogP contribution < -0.4 is 5.32 Å². The van der Waals surface area contributed by atoms with Crippen molar-refractivity contribution in [3.63, 3.8) is 0 Å². The van der Waals surface area contributed by atoms with Gasteiger partial charge in [0.15, 0.2) is 0 Å². The minimum absolute atomic E-state index is 0.00366. The molecule has 0 aromatic heterocycles. The summed E-state index contributed by atoms with van der Waals surface area (Å²) in [6.45, 7) is 0.697. The molecule has 3 aromatic carbocycles. The van der Waals surface area contributed by atoms with Gasteiger partial charge in [-0.05, 0) is 109 Å². The lowest BCUT2D eigenvalue weighted by atomic mass is 9.51. The molecular formula is C34H36N2O2S. The van der Waals surface area contributed by atoms with E-state index in [4.69, 9.17) is 0 Å². The van der Waals surface area contributed by atoms with Gasteiger partial charge in [0, 0.05) is 17.8 Å². The minimum Gasteiger partial charge on any atom is -0.326 e. The zero-order valence-corrected chi connectivity index (χ0v) is 23.1. The third kappa shape index (κ3) is 5.02. The first-order valence-corrected chi connectivity index (χ1v) is 15.6. The largest absolute Gasteiger partial charge is 0.326 e. The quantitative estimate of drug-likeness (QED) is 0.345. The summed E-state index contributed by atoms with van der Waals surface area (Å²) in [6.07, 6.45) is 8.01. The number of rotatable bonds is 7. The van der Waals surface area contributed by atoms with E-state index in [1.165, 1.54) is 43.2 Å². The average Bonchev–Trinajstić information content (AvgIpc) is 3.33. The van der Waals surface area contributed by atoms with E-state index in [0.717, 1.165) is 41.3 Å². The van der Waals surface area contributed by atoms with Gasteiger partial charge in [-0.3, -0.25) is 9.59 Å². The highest BCUT2D eigenvalue weighted by Gasteiger charge is 2.48. The third-order valence-corrected chi connectivity index (χ3v) is 10.9. The molecule has 5 fully saturated rings. The maximum absolute atomic E-state index is 13.0. The summed E-state index contributed by atoms with van der Waals surface area (Å²) in [4.78, 5) is 27.6. The van der Waals surface area contributed by atoms with Crippen LogP contribution in [0.1, 0.15) is 70.4 Å². The Morgan fingerprint density at radius 2 is 1.44 bits per heavy atom. The Morgan fingerprint density at radius 3 is 2.10 bits per heavy atom. The van der Waals surface area contributed by atoms with Crippen LogP contribution >= 0.6 is 11.8 Å². The molecule has 8 rings (SSSR count). The number of benzene rings is 3. The Balaban J connectivity index is 0.981. The van der Waals surface area contributed by atoms with Crippen molar-refractivity contribution in [2.75, 3.05) is 17.6 Å². The van der Waals surface area contributed by atoms with Crippen LogP contribution in [-0.4, -0.2) is 29.0 Å². The molecule has 0 unspecified atom stereocenters. The lowest BCUT2D eigenvalue weighted by Gasteiger charge is -2.54. The second kappa shape index (κ2) is 10.5. The number of hydrogen-bond acceptors (Lipinski definition) is 3. The highest BCUT2D eigenvalue weighted by atomic mass is 32.2. The molecular weight excluding hydrogens is 500 g/mol. The van der Waals surface area contributed by atoms with E-state index in [1.54, 1.807) is 11.8 Å². The van der Waals surface area contributed by atoms with Gasteiger partial charge in [0.05, 0.1) is 5.75 Å². The van der Waals surface area contributed by atoms with Gasteiger partial charge < -0.3 is 10.2 Å². The van der Waals surface area contributed by atoms with Crippen molar-refractivity contribution in [2.24, 2.45) is 23.7 Å². The Hall–Kier alpha value is -3.05. The maximum Gasteiger partial charge on any atom is 0.255 e. The number of nitrogens with one attached hydrogen (secondary N) is 1. The van der Waals surface area contributed by atoms with Crippen molar-refractivity contribution in [3.8, 4) is 0 Å². The highest BCUT2D eigenvalue weighted by Crippen LogP contribution is 2.59. The number of carbonyl (C=O) groups is 2. The molecule has 5 heteroatoms. The van der Waals surface area contributed by atoms with Gasteiger partial charge >= 0.3 is 0 Å². The fourth-order valence-corrected chi connectivity index (χ4v) is 9.35. The second-order valence-electron chi connectivity index (χ2n) is 12.1. The molecule has 4 bridgehead atoms. The van der Waals surface area contributed by atoms with Gasteiger partial charge in [-0.2, -0.15) is 0 Å². The SMILES string of the molecule is O=C(Nc1ccc(C2C3CC4CC(C3)CC2C4)cc1)c1ccc([C@@H]2SCC(=O)N2CCc2ccccc2)cc1. The summed E-state index contributed by atoms with van der Waals surface area (Å²) in [5.74, 6) is 4.99. The van der Waals surface area contributed by atoms with Crippen molar-refractivity contribution >= 4 is 29.3 Å². The van der Waals surface area contributed by atoms with Crippen LogP contribution in [0.2, 0.25) is 0 Å². The first-order chi connectivity index (χ1) is 19.1. The monoisotopic (exact) mass is 536 g/mol.